The van der Waals surface area contributed by atoms with Crippen LogP contribution in [-0.2, 0) is 4.79 Å². The zero-order valence-electron chi connectivity index (χ0n) is 11.4. The van der Waals surface area contributed by atoms with Gasteiger partial charge in [-0.15, -0.1) is 0 Å². The van der Waals surface area contributed by atoms with Gasteiger partial charge in [0.05, 0.1) is 6.04 Å². The third-order valence-corrected chi connectivity index (χ3v) is 2.33. The Balaban J connectivity index is 0.00000137. The van der Waals surface area contributed by atoms with E-state index in [1.807, 2.05) is 32.9 Å². The maximum absolute atomic E-state index is 11.5. The smallest absolute Gasteiger partial charge is 0.250 e. The topological polar surface area (TPSA) is 88.2 Å². The minimum Gasteiger partial charge on any atom is -0.382 e. The third-order valence-electron chi connectivity index (χ3n) is 2.33. The summed E-state index contributed by atoms with van der Waals surface area (Å²) in [7, 11) is 0. The number of pyridine rings is 1. The van der Waals surface area contributed by atoms with Crippen molar-refractivity contribution >= 4 is 5.91 Å². The number of aliphatic hydroxyl groups is 1. The predicted molar refractivity (Wildman–Crippen MR) is 71.8 cm³/mol. The Morgan fingerprint density at radius 2 is 1.83 bits per heavy atom. The van der Waals surface area contributed by atoms with Crippen molar-refractivity contribution in [3.63, 3.8) is 0 Å². The molecule has 0 saturated carbocycles. The zero-order valence-corrected chi connectivity index (χ0v) is 11.4. The van der Waals surface area contributed by atoms with Gasteiger partial charge in [0, 0.05) is 18.4 Å². The molecule has 5 nitrogen and oxygen atoms in total. The maximum atomic E-state index is 11.5. The second-order valence-electron chi connectivity index (χ2n) is 3.81. The fraction of sp³-hybridized carbons (Fsp3) is 0.538. The molecule has 0 aromatic carbocycles. The summed E-state index contributed by atoms with van der Waals surface area (Å²) in [6, 6.07) is 2.86. The first-order chi connectivity index (χ1) is 8.52. The predicted octanol–water partition coefficient (Wildman–Crippen LogP) is 0.993. The average Bonchev–Trinajstić information content (AvgIpc) is 2.40. The van der Waals surface area contributed by atoms with Crippen molar-refractivity contribution in [1.82, 2.24) is 10.3 Å². The number of carbonyl (C=O) groups excluding carboxylic acids is 1. The largest absolute Gasteiger partial charge is 0.382 e. The van der Waals surface area contributed by atoms with E-state index in [0.717, 1.165) is 5.56 Å². The van der Waals surface area contributed by atoms with Gasteiger partial charge in [0.15, 0.2) is 0 Å². The molecule has 1 rings (SSSR count). The molecule has 0 fully saturated rings. The quantitative estimate of drug-likeness (QED) is 0.746. The van der Waals surface area contributed by atoms with Gasteiger partial charge in [0.25, 0.3) is 5.91 Å². The number of carbonyl (C=O) groups is 1. The lowest BCUT2D eigenvalue weighted by Gasteiger charge is -2.18. The number of aromatic nitrogens is 1. The Hall–Kier alpha value is -1.46. The average molecular weight is 253 g/mol. The minimum atomic E-state index is -1.18. The summed E-state index contributed by atoms with van der Waals surface area (Å²) in [5.74, 6) is -0.459. The number of nitrogens with one attached hydrogen (secondary N) is 1. The van der Waals surface area contributed by atoms with Crippen LogP contribution in [0.4, 0.5) is 0 Å². The summed E-state index contributed by atoms with van der Waals surface area (Å²) in [6.07, 6.45) is 2.13. The van der Waals surface area contributed by atoms with Crippen LogP contribution in [0.3, 0.4) is 0 Å². The SMILES string of the molecule is CC.CC(NC(=O)C(O)C(C)N)c1ccncc1. The molecule has 5 heteroatoms. The van der Waals surface area contributed by atoms with Gasteiger partial charge in [0.1, 0.15) is 6.10 Å². The van der Waals surface area contributed by atoms with E-state index >= 15 is 0 Å². The van der Waals surface area contributed by atoms with Crippen molar-refractivity contribution in [2.45, 2.75) is 45.9 Å². The van der Waals surface area contributed by atoms with E-state index in [4.69, 9.17) is 5.73 Å². The van der Waals surface area contributed by atoms with Crippen molar-refractivity contribution in [1.29, 1.82) is 0 Å². The summed E-state index contributed by atoms with van der Waals surface area (Å²) in [4.78, 5) is 15.4. The molecule has 0 aliphatic heterocycles. The van der Waals surface area contributed by atoms with Crippen molar-refractivity contribution in [2.75, 3.05) is 0 Å². The Kier molecular flexibility index (Phi) is 7.91. The molecule has 3 unspecified atom stereocenters. The fourth-order valence-corrected chi connectivity index (χ4v) is 1.27. The summed E-state index contributed by atoms with van der Waals surface area (Å²) in [5, 5.41) is 12.1. The highest BCUT2D eigenvalue weighted by Crippen LogP contribution is 2.10. The van der Waals surface area contributed by atoms with E-state index in [1.165, 1.54) is 0 Å². The van der Waals surface area contributed by atoms with Crippen LogP contribution in [0.15, 0.2) is 24.5 Å². The summed E-state index contributed by atoms with van der Waals surface area (Å²) >= 11 is 0. The van der Waals surface area contributed by atoms with Crippen molar-refractivity contribution < 1.29 is 9.90 Å². The maximum Gasteiger partial charge on any atom is 0.250 e. The van der Waals surface area contributed by atoms with Crippen LogP contribution in [0.1, 0.15) is 39.3 Å². The lowest BCUT2D eigenvalue weighted by molar-refractivity contribution is -0.130. The Morgan fingerprint density at radius 1 is 1.33 bits per heavy atom. The van der Waals surface area contributed by atoms with Crippen LogP contribution < -0.4 is 11.1 Å². The minimum absolute atomic E-state index is 0.177. The first-order valence-electron chi connectivity index (χ1n) is 6.16. The summed E-state index contributed by atoms with van der Waals surface area (Å²) < 4.78 is 0. The van der Waals surface area contributed by atoms with Crippen LogP contribution in [0.2, 0.25) is 0 Å². The van der Waals surface area contributed by atoms with Crippen LogP contribution in [-0.4, -0.2) is 28.1 Å². The molecule has 3 atom stereocenters. The van der Waals surface area contributed by atoms with Crippen LogP contribution >= 0.6 is 0 Å². The number of amides is 1. The van der Waals surface area contributed by atoms with Gasteiger partial charge in [-0.3, -0.25) is 9.78 Å². The highest BCUT2D eigenvalue weighted by Gasteiger charge is 2.20. The van der Waals surface area contributed by atoms with E-state index in [1.54, 1.807) is 19.3 Å². The molecule has 1 aromatic heterocycles. The van der Waals surface area contributed by atoms with Crippen LogP contribution in [0.25, 0.3) is 0 Å². The molecule has 0 radical (unpaired) electrons. The molecule has 0 saturated heterocycles. The van der Waals surface area contributed by atoms with Crippen molar-refractivity contribution in [2.24, 2.45) is 5.73 Å². The van der Waals surface area contributed by atoms with Gasteiger partial charge in [0.2, 0.25) is 0 Å². The molecular weight excluding hydrogens is 230 g/mol. The molecule has 0 aliphatic rings. The number of aliphatic hydroxyl groups excluding tert-OH is 1. The second-order valence-corrected chi connectivity index (χ2v) is 3.81. The van der Waals surface area contributed by atoms with Crippen molar-refractivity contribution in [3.05, 3.63) is 30.1 Å². The number of nitrogens with two attached hydrogens (primary N) is 1. The van der Waals surface area contributed by atoms with Crippen LogP contribution in [0, 0.1) is 0 Å². The summed E-state index contributed by atoms with van der Waals surface area (Å²) in [5.41, 5.74) is 6.36. The molecule has 0 bridgehead atoms. The Labute approximate surface area is 108 Å². The highest BCUT2D eigenvalue weighted by molar-refractivity contribution is 5.81. The lowest BCUT2D eigenvalue weighted by atomic mass is 10.1. The van der Waals surface area contributed by atoms with E-state index in [2.05, 4.69) is 10.3 Å². The Bertz CT molecular complexity index is 341. The van der Waals surface area contributed by atoms with Gasteiger partial charge in [-0.1, -0.05) is 13.8 Å². The monoisotopic (exact) mass is 253 g/mol. The molecule has 1 aromatic rings. The third kappa shape index (κ3) is 5.25. The van der Waals surface area contributed by atoms with Crippen LogP contribution in [0.5, 0.6) is 0 Å². The summed E-state index contributed by atoms with van der Waals surface area (Å²) in [6.45, 7) is 7.42. The molecule has 0 aliphatic carbocycles. The molecule has 102 valence electrons. The van der Waals surface area contributed by atoms with E-state index in [9.17, 15) is 9.90 Å². The van der Waals surface area contributed by atoms with E-state index in [0.29, 0.717) is 0 Å². The standard InChI is InChI=1S/C11H17N3O2.C2H6/c1-7(12)10(15)11(16)14-8(2)9-3-5-13-6-4-9;1-2/h3-8,10,15H,12H2,1-2H3,(H,14,16);1-2H3. The number of nitrogens with zero attached hydrogens (tertiary/aromatic N) is 1. The molecule has 1 amide bonds. The fourth-order valence-electron chi connectivity index (χ4n) is 1.27. The zero-order chi connectivity index (χ0) is 14.1. The molecule has 1 heterocycles. The first-order valence-corrected chi connectivity index (χ1v) is 6.16. The van der Waals surface area contributed by atoms with Gasteiger partial charge < -0.3 is 16.2 Å². The molecular formula is C13H23N3O2. The lowest BCUT2D eigenvalue weighted by Crippen LogP contribution is -2.45. The Morgan fingerprint density at radius 3 is 2.28 bits per heavy atom. The second kappa shape index (κ2) is 8.60. The first kappa shape index (κ1) is 16.5. The molecule has 0 spiro atoms. The number of rotatable bonds is 4. The van der Waals surface area contributed by atoms with Gasteiger partial charge in [-0.05, 0) is 31.5 Å². The number of hydrogen-bond donors (Lipinski definition) is 3. The normalized spacial score (nSPS) is 14.8. The number of hydrogen-bond acceptors (Lipinski definition) is 4. The van der Waals surface area contributed by atoms with Gasteiger partial charge in [-0.25, -0.2) is 0 Å². The van der Waals surface area contributed by atoms with E-state index in [-0.39, 0.29) is 6.04 Å². The van der Waals surface area contributed by atoms with Gasteiger partial charge >= 0.3 is 0 Å². The van der Waals surface area contributed by atoms with Crippen molar-refractivity contribution in [3.8, 4) is 0 Å². The van der Waals surface area contributed by atoms with Gasteiger partial charge in [-0.2, -0.15) is 0 Å². The molecule has 4 N–H and O–H groups in total. The van der Waals surface area contributed by atoms with E-state index < -0.39 is 18.1 Å². The molecule has 18 heavy (non-hydrogen) atoms. The highest BCUT2D eigenvalue weighted by atomic mass is 16.3.